The van der Waals surface area contributed by atoms with Crippen LogP contribution in [0.2, 0.25) is 10.0 Å². The highest BCUT2D eigenvalue weighted by atomic mass is 35.5. The van der Waals surface area contributed by atoms with Crippen molar-refractivity contribution in [1.82, 2.24) is 14.8 Å². The molecule has 1 aromatic carbocycles. The van der Waals surface area contributed by atoms with Crippen LogP contribution >= 0.6 is 23.2 Å². The second-order valence-electron chi connectivity index (χ2n) is 5.43. The fourth-order valence-electron chi connectivity index (χ4n) is 2.07. The molecule has 14 heteroatoms. The highest BCUT2D eigenvalue weighted by molar-refractivity contribution is 6.35. The van der Waals surface area contributed by atoms with Gasteiger partial charge in [-0.25, -0.2) is 13.8 Å². The lowest BCUT2D eigenvalue weighted by Gasteiger charge is -2.22. The van der Waals surface area contributed by atoms with Gasteiger partial charge in [0.25, 0.3) is 0 Å². The van der Waals surface area contributed by atoms with E-state index in [1.807, 2.05) is 0 Å². The van der Waals surface area contributed by atoms with Gasteiger partial charge in [0, 0.05) is 16.0 Å². The van der Waals surface area contributed by atoms with Gasteiger partial charge < -0.3 is 4.74 Å². The van der Waals surface area contributed by atoms with E-state index < -0.39 is 25.1 Å². The van der Waals surface area contributed by atoms with Gasteiger partial charge in [0.2, 0.25) is 0 Å². The number of benzene rings is 1. The first-order chi connectivity index (χ1) is 13.7. The molecular formula is C15H12Cl2F4N6O2. The van der Waals surface area contributed by atoms with Crippen molar-refractivity contribution in [3.8, 4) is 0 Å². The standard InChI is InChI=1S/C13H11Cl2F4N3O.C2HN3O/c14-9-1-2-10(11(15)3-9)8(4-22-7-20-6-21-22)5-23-13(18,19)12(16)17;6-2-1-3-5-4-2/h1-3,6-8,12H,4-5H2;1H. The van der Waals surface area contributed by atoms with Crippen LogP contribution in [0.5, 0.6) is 0 Å². The number of hydrogen-bond donors (Lipinski definition) is 0. The van der Waals surface area contributed by atoms with Crippen molar-refractivity contribution in [2.45, 2.75) is 25.0 Å². The molecule has 0 fully saturated rings. The minimum Gasteiger partial charge on any atom is -0.315 e. The number of hydrogen-bond acceptors (Lipinski definition) is 6. The second kappa shape index (κ2) is 10.4. The van der Waals surface area contributed by atoms with Crippen molar-refractivity contribution in [2.75, 3.05) is 6.61 Å². The van der Waals surface area contributed by atoms with Crippen molar-refractivity contribution in [3.63, 3.8) is 0 Å². The van der Waals surface area contributed by atoms with Crippen LogP contribution in [0.4, 0.5) is 17.6 Å². The summed E-state index contributed by atoms with van der Waals surface area (Å²) < 4.78 is 55.9. The summed E-state index contributed by atoms with van der Waals surface area (Å²) in [5.74, 6) is -1.12. The van der Waals surface area contributed by atoms with Crippen LogP contribution in [0.3, 0.4) is 0 Å². The zero-order valence-corrected chi connectivity index (χ0v) is 15.8. The van der Waals surface area contributed by atoms with Crippen LogP contribution in [-0.2, 0) is 16.1 Å². The molecule has 8 nitrogen and oxygen atoms in total. The average molecular weight is 455 g/mol. The van der Waals surface area contributed by atoms with Gasteiger partial charge >= 0.3 is 18.4 Å². The van der Waals surface area contributed by atoms with E-state index in [4.69, 9.17) is 23.2 Å². The first kappa shape index (κ1) is 22.8. The van der Waals surface area contributed by atoms with E-state index in [-0.39, 0.29) is 17.5 Å². The number of carbonyl (C=O) groups is 1. The molecule has 1 unspecified atom stereocenters. The molecule has 0 bridgehead atoms. The van der Waals surface area contributed by atoms with Crippen molar-refractivity contribution in [2.24, 2.45) is 15.4 Å². The zero-order valence-electron chi connectivity index (χ0n) is 14.3. The lowest BCUT2D eigenvalue weighted by atomic mass is 10.00. The summed E-state index contributed by atoms with van der Waals surface area (Å²) in [5.41, 5.74) is 0.427. The van der Waals surface area contributed by atoms with E-state index in [9.17, 15) is 22.4 Å². The largest absolute Gasteiger partial charge is 0.416 e. The van der Waals surface area contributed by atoms with E-state index >= 15 is 0 Å². The highest BCUT2D eigenvalue weighted by Crippen LogP contribution is 2.32. The molecule has 0 saturated heterocycles. The number of carbonyl (C=O) groups excluding carboxylic acids is 1. The SMILES string of the molecule is FC(F)C(F)(F)OCC(Cn1cncn1)c1ccc(Cl)cc1Cl.O=C1C=NN=N1. The summed E-state index contributed by atoms with van der Waals surface area (Å²) in [6.45, 7) is -0.612. The molecule has 0 aliphatic carbocycles. The van der Waals surface area contributed by atoms with Gasteiger partial charge in [0.05, 0.1) is 13.2 Å². The fraction of sp³-hybridized carbons (Fsp3) is 0.333. The molecule has 0 spiro atoms. The van der Waals surface area contributed by atoms with Crippen LogP contribution in [0, 0.1) is 0 Å². The average Bonchev–Trinajstić information content (AvgIpc) is 3.33. The smallest absolute Gasteiger partial charge is 0.315 e. The number of amides is 1. The van der Waals surface area contributed by atoms with E-state index in [0.717, 1.165) is 6.21 Å². The molecule has 1 atom stereocenters. The molecule has 156 valence electrons. The Labute approximate surface area is 171 Å². The molecule has 0 N–H and O–H groups in total. The maximum absolute atomic E-state index is 13.0. The molecule has 0 radical (unpaired) electrons. The minimum atomic E-state index is -4.54. The molecule has 1 aromatic heterocycles. The summed E-state index contributed by atoms with van der Waals surface area (Å²) >= 11 is 11.8. The van der Waals surface area contributed by atoms with Gasteiger partial charge in [-0.3, -0.25) is 9.48 Å². The number of rotatable bonds is 7. The van der Waals surface area contributed by atoms with Gasteiger partial charge in [-0.1, -0.05) is 34.4 Å². The van der Waals surface area contributed by atoms with Crippen LogP contribution in [0.15, 0.2) is 46.3 Å². The van der Waals surface area contributed by atoms with E-state index in [1.165, 1.54) is 35.5 Å². The predicted octanol–water partition coefficient (Wildman–Crippen LogP) is 4.21. The zero-order chi connectivity index (χ0) is 21.4. The van der Waals surface area contributed by atoms with E-state index in [2.05, 4.69) is 30.3 Å². The number of nitrogens with zero attached hydrogens (tertiary/aromatic N) is 6. The first-order valence-electron chi connectivity index (χ1n) is 7.74. The third-order valence-corrected chi connectivity index (χ3v) is 3.93. The molecule has 0 saturated carbocycles. The lowest BCUT2D eigenvalue weighted by molar-refractivity contribution is -0.302. The Morgan fingerprint density at radius 1 is 1.24 bits per heavy atom. The van der Waals surface area contributed by atoms with Crippen molar-refractivity contribution >= 4 is 35.3 Å². The molecule has 2 aromatic rings. The third-order valence-electron chi connectivity index (χ3n) is 3.37. The Morgan fingerprint density at radius 3 is 2.48 bits per heavy atom. The number of halogens is 6. The van der Waals surface area contributed by atoms with Crippen LogP contribution < -0.4 is 0 Å². The van der Waals surface area contributed by atoms with Crippen molar-refractivity contribution < 1.29 is 27.1 Å². The molecule has 29 heavy (non-hydrogen) atoms. The van der Waals surface area contributed by atoms with Crippen molar-refractivity contribution in [1.29, 1.82) is 0 Å². The highest BCUT2D eigenvalue weighted by Gasteiger charge is 2.43. The predicted molar refractivity (Wildman–Crippen MR) is 94.5 cm³/mol. The molecular weight excluding hydrogens is 443 g/mol. The molecule has 1 amide bonds. The quantitative estimate of drug-likeness (QED) is 0.585. The lowest BCUT2D eigenvalue weighted by Crippen LogP contribution is -2.32. The first-order valence-corrected chi connectivity index (χ1v) is 8.50. The monoisotopic (exact) mass is 454 g/mol. The Morgan fingerprint density at radius 2 is 2.00 bits per heavy atom. The van der Waals surface area contributed by atoms with E-state index in [1.54, 1.807) is 0 Å². The van der Waals surface area contributed by atoms with Gasteiger partial charge in [-0.2, -0.15) is 13.9 Å². The molecule has 1 aliphatic rings. The second-order valence-corrected chi connectivity index (χ2v) is 6.27. The number of ether oxygens (including phenoxy) is 1. The maximum atomic E-state index is 13.0. The van der Waals surface area contributed by atoms with Gasteiger partial charge in [-0.15, -0.1) is 5.10 Å². The summed E-state index contributed by atoms with van der Waals surface area (Å²) in [4.78, 5) is 13.6. The number of aromatic nitrogens is 3. The Kier molecular flexibility index (Phi) is 8.17. The summed E-state index contributed by atoms with van der Waals surface area (Å²) in [6.07, 6.45) is -4.79. The minimum absolute atomic E-state index is 0.0701. The normalized spacial score (nSPS) is 14.2. The van der Waals surface area contributed by atoms with E-state index in [0.29, 0.717) is 10.6 Å². The van der Waals surface area contributed by atoms with Crippen molar-refractivity contribution in [3.05, 3.63) is 46.5 Å². The Bertz CT molecular complexity index is 866. The molecule has 2 heterocycles. The summed E-state index contributed by atoms with van der Waals surface area (Å²) in [7, 11) is 0. The fourth-order valence-corrected chi connectivity index (χ4v) is 2.63. The third kappa shape index (κ3) is 7.15. The summed E-state index contributed by atoms with van der Waals surface area (Å²) in [5, 5.41) is 13.6. The Balaban J connectivity index is 0.000000426. The topological polar surface area (TPSA) is 94.1 Å². The molecule has 1 aliphatic heterocycles. The number of alkyl halides is 4. The van der Waals surface area contributed by atoms with Crippen LogP contribution in [-0.4, -0.2) is 46.0 Å². The maximum Gasteiger partial charge on any atom is 0.416 e. The van der Waals surface area contributed by atoms with Crippen LogP contribution in [0.1, 0.15) is 11.5 Å². The van der Waals surface area contributed by atoms with Gasteiger partial charge in [0.15, 0.2) is 0 Å². The van der Waals surface area contributed by atoms with Gasteiger partial charge in [0.1, 0.15) is 18.9 Å². The van der Waals surface area contributed by atoms with Gasteiger partial charge in [-0.05, 0) is 22.9 Å². The van der Waals surface area contributed by atoms with Crippen LogP contribution in [0.25, 0.3) is 0 Å². The summed E-state index contributed by atoms with van der Waals surface area (Å²) in [6, 6.07) is 4.47. The molecule has 3 rings (SSSR count). The Hall–Kier alpha value is -2.44.